The predicted molar refractivity (Wildman–Crippen MR) is 106 cm³/mol. The average Bonchev–Trinajstić information content (AvgIpc) is 3.19. The molecule has 4 rings (SSSR count). The van der Waals surface area contributed by atoms with Gasteiger partial charge in [-0.25, -0.2) is 9.97 Å². The maximum absolute atomic E-state index is 12.6. The Morgan fingerprint density at radius 1 is 1.15 bits per heavy atom. The van der Waals surface area contributed by atoms with E-state index in [4.69, 9.17) is 0 Å². The number of nitrogens with one attached hydrogen (secondary N) is 1. The molecule has 0 aliphatic carbocycles. The largest absolute Gasteiger partial charge is 0.323 e. The molecule has 8 heteroatoms. The van der Waals surface area contributed by atoms with Gasteiger partial charge in [-0.1, -0.05) is 28.1 Å². The lowest BCUT2D eigenvalue weighted by Crippen LogP contribution is -2.28. The lowest BCUT2D eigenvalue weighted by atomic mass is 10.2. The van der Waals surface area contributed by atoms with E-state index < -0.39 is 0 Å². The molecular formula is C19H14BrN5O2. The standard InChI is InChI=1S/C19H14BrN5O2/c20-13-5-6-15-14(9-13)19(27)25(12-22-15)10-18(26)23-16-3-1-2-4-17(16)24-8-7-21-11-24/h1-9,11-12H,10H2,(H,23,26). The summed E-state index contributed by atoms with van der Waals surface area (Å²) in [4.78, 5) is 33.4. The van der Waals surface area contributed by atoms with Gasteiger partial charge >= 0.3 is 0 Å². The van der Waals surface area contributed by atoms with Crippen LogP contribution in [0.4, 0.5) is 5.69 Å². The number of benzene rings is 2. The highest BCUT2D eigenvalue weighted by atomic mass is 79.9. The van der Waals surface area contributed by atoms with Crippen LogP contribution in [0, 0.1) is 0 Å². The third-order valence-corrected chi connectivity index (χ3v) is 4.55. The smallest absolute Gasteiger partial charge is 0.261 e. The van der Waals surface area contributed by atoms with Crippen molar-refractivity contribution in [1.29, 1.82) is 0 Å². The van der Waals surface area contributed by atoms with E-state index in [0.717, 1.165) is 10.2 Å². The summed E-state index contributed by atoms with van der Waals surface area (Å²) >= 11 is 3.35. The second-order valence-electron chi connectivity index (χ2n) is 5.87. The summed E-state index contributed by atoms with van der Waals surface area (Å²) in [5, 5.41) is 3.31. The van der Waals surface area contributed by atoms with Crippen LogP contribution >= 0.6 is 15.9 Å². The molecular weight excluding hydrogens is 410 g/mol. The van der Waals surface area contributed by atoms with Crippen LogP contribution in [0.2, 0.25) is 0 Å². The maximum atomic E-state index is 12.6. The molecule has 2 aromatic heterocycles. The van der Waals surface area contributed by atoms with E-state index in [1.807, 2.05) is 24.3 Å². The zero-order valence-corrected chi connectivity index (χ0v) is 15.6. The van der Waals surface area contributed by atoms with Crippen molar-refractivity contribution in [2.45, 2.75) is 6.54 Å². The van der Waals surface area contributed by atoms with Crippen molar-refractivity contribution >= 4 is 38.4 Å². The van der Waals surface area contributed by atoms with Crippen LogP contribution in [-0.2, 0) is 11.3 Å². The first-order chi connectivity index (χ1) is 13.1. The fourth-order valence-corrected chi connectivity index (χ4v) is 3.16. The van der Waals surface area contributed by atoms with Crippen molar-refractivity contribution < 1.29 is 4.79 Å². The van der Waals surface area contributed by atoms with Crippen molar-refractivity contribution in [2.75, 3.05) is 5.32 Å². The number of para-hydroxylation sites is 2. The van der Waals surface area contributed by atoms with Gasteiger partial charge in [0.2, 0.25) is 5.91 Å². The molecule has 0 unspecified atom stereocenters. The molecule has 0 radical (unpaired) electrons. The molecule has 7 nitrogen and oxygen atoms in total. The van der Waals surface area contributed by atoms with E-state index in [0.29, 0.717) is 16.6 Å². The number of hydrogen-bond donors (Lipinski definition) is 1. The molecule has 2 aromatic carbocycles. The van der Waals surface area contributed by atoms with Gasteiger partial charge in [0.05, 0.1) is 34.9 Å². The zero-order valence-electron chi connectivity index (χ0n) is 14.0. The number of rotatable bonds is 4. The molecule has 1 amide bonds. The lowest BCUT2D eigenvalue weighted by Gasteiger charge is -2.12. The molecule has 0 fully saturated rings. The third-order valence-electron chi connectivity index (χ3n) is 4.06. The summed E-state index contributed by atoms with van der Waals surface area (Å²) in [6, 6.07) is 12.7. The Balaban J connectivity index is 1.60. The number of nitrogens with zero attached hydrogens (tertiary/aromatic N) is 4. The first kappa shape index (κ1) is 17.2. The van der Waals surface area contributed by atoms with Crippen LogP contribution in [0.25, 0.3) is 16.6 Å². The first-order valence-corrected chi connectivity index (χ1v) is 8.93. The summed E-state index contributed by atoms with van der Waals surface area (Å²) in [7, 11) is 0. The van der Waals surface area contributed by atoms with Gasteiger partial charge in [-0.2, -0.15) is 0 Å². The molecule has 0 atom stereocenters. The van der Waals surface area contributed by atoms with E-state index in [1.165, 1.54) is 10.9 Å². The van der Waals surface area contributed by atoms with Crippen LogP contribution in [0.3, 0.4) is 0 Å². The molecule has 0 aliphatic rings. The van der Waals surface area contributed by atoms with Gasteiger partial charge in [-0.15, -0.1) is 0 Å². The van der Waals surface area contributed by atoms with E-state index in [9.17, 15) is 9.59 Å². The van der Waals surface area contributed by atoms with Crippen molar-refractivity contribution in [1.82, 2.24) is 19.1 Å². The Labute approximate surface area is 162 Å². The Kier molecular flexibility index (Phi) is 4.55. The average molecular weight is 424 g/mol. The molecule has 0 bridgehead atoms. The molecule has 0 saturated heterocycles. The second-order valence-corrected chi connectivity index (χ2v) is 6.79. The van der Waals surface area contributed by atoms with E-state index in [1.54, 1.807) is 41.5 Å². The van der Waals surface area contributed by atoms with Crippen LogP contribution in [0.1, 0.15) is 0 Å². The molecule has 0 spiro atoms. The van der Waals surface area contributed by atoms with Crippen molar-refractivity contribution in [3.63, 3.8) is 0 Å². The molecule has 0 saturated carbocycles. The second kappa shape index (κ2) is 7.16. The monoisotopic (exact) mass is 423 g/mol. The fraction of sp³-hybridized carbons (Fsp3) is 0.0526. The molecule has 27 heavy (non-hydrogen) atoms. The number of anilines is 1. The quantitative estimate of drug-likeness (QED) is 0.546. The lowest BCUT2D eigenvalue weighted by molar-refractivity contribution is -0.116. The number of amides is 1. The number of fused-ring (bicyclic) bond motifs is 1. The molecule has 4 aromatic rings. The highest BCUT2D eigenvalue weighted by Gasteiger charge is 2.11. The van der Waals surface area contributed by atoms with Gasteiger partial charge < -0.3 is 9.88 Å². The number of aromatic nitrogens is 4. The van der Waals surface area contributed by atoms with Crippen molar-refractivity contribution in [3.8, 4) is 5.69 Å². The van der Waals surface area contributed by atoms with Crippen molar-refractivity contribution in [3.05, 3.63) is 82.3 Å². The van der Waals surface area contributed by atoms with Crippen LogP contribution < -0.4 is 10.9 Å². The normalized spacial score (nSPS) is 10.9. The maximum Gasteiger partial charge on any atom is 0.261 e. The summed E-state index contributed by atoms with van der Waals surface area (Å²) in [6.45, 7) is -0.132. The highest BCUT2D eigenvalue weighted by Crippen LogP contribution is 2.19. The minimum Gasteiger partial charge on any atom is -0.323 e. The predicted octanol–water partition coefficient (Wildman–Crippen LogP) is 2.98. The third kappa shape index (κ3) is 3.52. The van der Waals surface area contributed by atoms with Crippen molar-refractivity contribution in [2.24, 2.45) is 0 Å². The minimum atomic E-state index is -0.319. The van der Waals surface area contributed by atoms with Gasteiger partial charge in [-0.3, -0.25) is 14.2 Å². The van der Waals surface area contributed by atoms with Gasteiger partial charge in [0, 0.05) is 16.9 Å². The van der Waals surface area contributed by atoms with Crippen LogP contribution in [0.15, 0.2) is 76.8 Å². The fourth-order valence-electron chi connectivity index (χ4n) is 2.79. The number of halogens is 1. The Bertz CT molecular complexity index is 1180. The first-order valence-electron chi connectivity index (χ1n) is 8.14. The van der Waals surface area contributed by atoms with E-state index in [2.05, 4.69) is 31.2 Å². The number of imidazole rings is 1. The highest BCUT2D eigenvalue weighted by molar-refractivity contribution is 9.10. The van der Waals surface area contributed by atoms with E-state index in [-0.39, 0.29) is 18.0 Å². The zero-order chi connectivity index (χ0) is 18.8. The van der Waals surface area contributed by atoms with Gasteiger partial charge in [0.25, 0.3) is 5.56 Å². The molecule has 0 aliphatic heterocycles. The number of carbonyl (C=O) groups is 1. The summed E-state index contributed by atoms with van der Waals surface area (Å²) in [5.74, 6) is -0.319. The van der Waals surface area contributed by atoms with Crippen LogP contribution in [-0.4, -0.2) is 25.0 Å². The number of carbonyl (C=O) groups excluding carboxylic acids is 1. The van der Waals surface area contributed by atoms with E-state index >= 15 is 0 Å². The number of hydrogen-bond acceptors (Lipinski definition) is 4. The van der Waals surface area contributed by atoms with Gasteiger partial charge in [-0.05, 0) is 30.3 Å². The molecule has 2 heterocycles. The molecule has 1 N–H and O–H groups in total. The Morgan fingerprint density at radius 2 is 2.00 bits per heavy atom. The summed E-state index contributed by atoms with van der Waals surface area (Å²) in [6.07, 6.45) is 6.50. The van der Waals surface area contributed by atoms with Gasteiger partial charge in [0.15, 0.2) is 0 Å². The Hall–Kier alpha value is -3.26. The Morgan fingerprint density at radius 3 is 2.81 bits per heavy atom. The molecule has 134 valence electrons. The SMILES string of the molecule is O=C(Cn1cnc2ccc(Br)cc2c1=O)Nc1ccccc1-n1ccnc1. The topological polar surface area (TPSA) is 81.8 Å². The van der Waals surface area contributed by atoms with Crippen LogP contribution in [0.5, 0.6) is 0 Å². The summed E-state index contributed by atoms with van der Waals surface area (Å²) < 4.78 is 3.88. The van der Waals surface area contributed by atoms with Gasteiger partial charge in [0.1, 0.15) is 6.54 Å². The summed E-state index contributed by atoms with van der Waals surface area (Å²) in [5.41, 5.74) is 1.74. The minimum absolute atomic E-state index is 0.132.